The smallest absolute Gasteiger partial charge is 0.251 e. The van der Waals surface area contributed by atoms with Gasteiger partial charge in [0, 0.05) is 42.7 Å². The molecular formula is C20H27N3O3. The first-order valence-electron chi connectivity index (χ1n) is 9.56. The quantitative estimate of drug-likeness (QED) is 0.821. The van der Waals surface area contributed by atoms with Crippen molar-refractivity contribution in [1.82, 2.24) is 10.2 Å². The van der Waals surface area contributed by atoms with Crippen LogP contribution in [0, 0.1) is 11.8 Å². The van der Waals surface area contributed by atoms with E-state index in [1.54, 1.807) is 24.3 Å². The maximum Gasteiger partial charge on any atom is 0.251 e. The normalized spacial score (nSPS) is 17.7. The summed E-state index contributed by atoms with van der Waals surface area (Å²) in [5, 5.41) is 5.75. The fourth-order valence-corrected chi connectivity index (χ4v) is 3.27. The van der Waals surface area contributed by atoms with Gasteiger partial charge in [0.25, 0.3) is 5.91 Å². The van der Waals surface area contributed by atoms with Crippen LogP contribution in [-0.2, 0) is 9.59 Å². The molecule has 1 aliphatic heterocycles. The van der Waals surface area contributed by atoms with Gasteiger partial charge in [-0.1, -0.05) is 13.0 Å². The van der Waals surface area contributed by atoms with E-state index in [1.165, 1.54) is 0 Å². The number of anilines is 1. The topological polar surface area (TPSA) is 78.5 Å². The first kappa shape index (κ1) is 18.4. The van der Waals surface area contributed by atoms with E-state index >= 15 is 0 Å². The van der Waals surface area contributed by atoms with Crippen LogP contribution in [-0.4, -0.2) is 42.3 Å². The third kappa shape index (κ3) is 4.62. The number of piperidine rings is 1. The van der Waals surface area contributed by atoms with Gasteiger partial charge in [-0.2, -0.15) is 0 Å². The van der Waals surface area contributed by atoms with Gasteiger partial charge < -0.3 is 15.5 Å². The van der Waals surface area contributed by atoms with Crippen LogP contribution < -0.4 is 10.6 Å². The number of rotatable bonds is 6. The molecule has 0 radical (unpaired) electrons. The van der Waals surface area contributed by atoms with E-state index in [1.807, 2.05) is 11.8 Å². The number of hydrogen-bond donors (Lipinski definition) is 2. The van der Waals surface area contributed by atoms with E-state index in [4.69, 9.17) is 0 Å². The molecule has 0 atom stereocenters. The summed E-state index contributed by atoms with van der Waals surface area (Å²) in [6.07, 6.45) is 4.30. The Bertz CT molecular complexity index is 677. The number of hydrogen-bond acceptors (Lipinski definition) is 3. The van der Waals surface area contributed by atoms with Gasteiger partial charge in [-0.15, -0.1) is 0 Å². The molecule has 26 heavy (non-hydrogen) atoms. The highest BCUT2D eigenvalue weighted by Crippen LogP contribution is 2.32. The van der Waals surface area contributed by atoms with E-state index in [-0.39, 0.29) is 29.6 Å². The summed E-state index contributed by atoms with van der Waals surface area (Å²) in [4.78, 5) is 38.6. The van der Waals surface area contributed by atoms with Crippen molar-refractivity contribution < 1.29 is 14.4 Å². The van der Waals surface area contributed by atoms with E-state index in [2.05, 4.69) is 10.6 Å². The minimum atomic E-state index is -0.130. The SMILES string of the molecule is CCCNC(=O)c1cccc(NC(=O)C2CCN(C(=O)C3CC3)CC2)c1. The Balaban J connectivity index is 1.52. The van der Waals surface area contributed by atoms with E-state index in [0.29, 0.717) is 43.7 Å². The predicted octanol–water partition coefficient (Wildman–Crippen LogP) is 2.41. The van der Waals surface area contributed by atoms with Gasteiger partial charge in [-0.25, -0.2) is 0 Å². The van der Waals surface area contributed by atoms with E-state index < -0.39 is 0 Å². The average molecular weight is 357 g/mol. The first-order chi connectivity index (χ1) is 12.6. The number of likely N-dealkylation sites (tertiary alicyclic amines) is 1. The summed E-state index contributed by atoms with van der Waals surface area (Å²) in [6, 6.07) is 7.00. The second kappa shape index (κ2) is 8.34. The Kier molecular flexibility index (Phi) is 5.91. The highest BCUT2D eigenvalue weighted by atomic mass is 16.2. The highest BCUT2D eigenvalue weighted by Gasteiger charge is 2.35. The predicted molar refractivity (Wildman–Crippen MR) is 99.7 cm³/mol. The van der Waals surface area contributed by atoms with Crippen LogP contribution in [0.3, 0.4) is 0 Å². The summed E-state index contributed by atoms with van der Waals surface area (Å²) < 4.78 is 0. The van der Waals surface area contributed by atoms with Crippen molar-refractivity contribution in [2.45, 2.75) is 39.0 Å². The molecular weight excluding hydrogens is 330 g/mol. The zero-order valence-electron chi connectivity index (χ0n) is 15.3. The van der Waals surface area contributed by atoms with Gasteiger partial charge in [-0.05, 0) is 50.3 Å². The zero-order valence-corrected chi connectivity index (χ0v) is 15.3. The molecule has 1 aliphatic carbocycles. The molecule has 0 bridgehead atoms. The standard InChI is InChI=1S/C20H27N3O3/c1-2-10-21-18(24)16-4-3-5-17(13-16)22-19(25)14-8-11-23(12-9-14)20(26)15-6-7-15/h3-5,13-15H,2,6-12H2,1H3,(H,21,24)(H,22,25). The van der Waals surface area contributed by atoms with Crippen molar-refractivity contribution in [1.29, 1.82) is 0 Å². The van der Waals surface area contributed by atoms with Crippen LogP contribution in [0.15, 0.2) is 24.3 Å². The fraction of sp³-hybridized carbons (Fsp3) is 0.550. The second-order valence-corrected chi connectivity index (χ2v) is 7.20. The van der Waals surface area contributed by atoms with Gasteiger partial charge in [0.15, 0.2) is 0 Å². The number of amides is 3. The maximum absolute atomic E-state index is 12.5. The lowest BCUT2D eigenvalue weighted by Gasteiger charge is -2.31. The van der Waals surface area contributed by atoms with E-state index in [0.717, 1.165) is 19.3 Å². The molecule has 3 rings (SSSR count). The molecule has 1 heterocycles. The fourth-order valence-electron chi connectivity index (χ4n) is 3.27. The Morgan fingerprint density at radius 1 is 1.08 bits per heavy atom. The maximum atomic E-state index is 12.5. The molecule has 1 saturated heterocycles. The molecule has 140 valence electrons. The van der Waals surface area contributed by atoms with Gasteiger partial charge in [0.1, 0.15) is 0 Å². The van der Waals surface area contributed by atoms with Gasteiger partial charge in [0.2, 0.25) is 11.8 Å². The van der Waals surface area contributed by atoms with Crippen molar-refractivity contribution >= 4 is 23.4 Å². The summed E-state index contributed by atoms with van der Waals surface area (Å²) in [6.45, 7) is 3.95. The first-order valence-corrected chi connectivity index (χ1v) is 9.56. The number of carbonyl (C=O) groups is 3. The molecule has 1 saturated carbocycles. The summed E-state index contributed by atoms with van der Waals surface area (Å²) in [5.74, 6) is 0.247. The molecule has 2 N–H and O–H groups in total. The Morgan fingerprint density at radius 2 is 1.81 bits per heavy atom. The number of nitrogens with zero attached hydrogens (tertiary/aromatic N) is 1. The molecule has 0 spiro atoms. The third-order valence-electron chi connectivity index (χ3n) is 5.03. The van der Waals surface area contributed by atoms with Gasteiger partial charge in [0.05, 0.1) is 0 Å². The molecule has 3 amide bonds. The lowest BCUT2D eigenvalue weighted by Crippen LogP contribution is -2.42. The monoisotopic (exact) mass is 357 g/mol. The molecule has 2 fully saturated rings. The van der Waals surface area contributed by atoms with Crippen LogP contribution in [0.4, 0.5) is 5.69 Å². The van der Waals surface area contributed by atoms with Crippen molar-refractivity contribution in [2.75, 3.05) is 25.0 Å². The van der Waals surface area contributed by atoms with Gasteiger partial charge in [-0.3, -0.25) is 14.4 Å². The lowest BCUT2D eigenvalue weighted by atomic mass is 9.95. The molecule has 1 aromatic carbocycles. The molecule has 0 aromatic heterocycles. The second-order valence-electron chi connectivity index (χ2n) is 7.20. The molecule has 1 aromatic rings. The molecule has 0 unspecified atom stereocenters. The summed E-state index contributed by atoms with van der Waals surface area (Å²) >= 11 is 0. The van der Waals surface area contributed by atoms with Crippen LogP contribution in [0.1, 0.15) is 49.4 Å². The van der Waals surface area contributed by atoms with Crippen molar-refractivity contribution in [3.63, 3.8) is 0 Å². The number of nitrogens with one attached hydrogen (secondary N) is 2. The average Bonchev–Trinajstić information content (AvgIpc) is 3.51. The Morgan fingerprint density at radius 3 is 2.46 bits per heavy atom. The largest absolute Gasteiger partial charge is 0.352 e. The molecule has 6 nitrogen and oxygen atoms in total. The van der Waals surface area contributed by atoms with E-state index in [9.17, 15) is 14.4 Å². The minimum absolute atomic E-state index is 0.0327. The van der Waals surface area contributed by atoms with Crippen LogP contribution >= 0.6 is 0 Å². The Hall–Kier alpha value is -2.37. The molecule has 2 aliphatic rings. The molecule has 6 heteroatoms. The minimum Gasteiger partial charge on any atom is -0.352 e. The highest BCUT2D eigenvalue weighted by molar-refractivity contribution is 5.97. The number of carbonyl (C=O) groups excluding carboxylic acids is 3. The number of benzene rings is 1. The summed E-state index contributed by atoms with van der Waals surface area (Å²) in [7, 11) is 0. The van der Waals surface area contributed by atoms with Crippen molar-refractivity contribution in [2.24, 2.45) is 11.8 Å². The van der Waals surface area contributed by atoms with Crippen LogP contribution in [0.25, 0.3) is 0 Å². The van der Waals surface area contributed by atoms with Crippen molar-refractivity contribution in [3.05, 3.63) is 29.8 Å². The van der Waals surface area contributed by atoms with Crippen molar-refractivity contribution in [3.8, 4) is 0 Å². The van der Waals surface area contributed by atoms with Crippen LogP contribution in [0.5, 0.6) is 0 Å². The van der Waals surface area contributed by atoms with Gasteiger partial charge >= 0.3 is 0 Å². The third-order valence-corrected chi connectivity index (χ3v) is 5.03. The Labute approximate surface area is 154 Å². The van der Waals surface area contributed by atoms with Crippen LogP contribution in [0.2, 0.25) is 0 Å². The lowest BCUT2D eigenvalue weighted by molar-refractivity contribution is -0.135. The summed E-state index contributed by atoms with van der Waals surface area (Å²) in [5.41, 5.74) is 1.18. The zero-order chi connectivity index (χ0) is 18.5.